The average molecular weight is 391 g/mol. The second-order valence-corrected chi connectivity index (χ2v) is 7.49. The van der Waals surface area contributed by atoms with Crippen LogP contribution in [0.4, 0.5) is 11.5 Å². The largest absolute Gasteiger partial charge is 0.351 e. The number of anilines is 2. The molecule has 2 aliphatic rings. The minimum Gasteiger partial charge on any atom is -0.351 e. The van der Waals surface area contributed by atoms with Crippen molar-refractivity contribution in [2.45, 2.75) is 18.9 Å². The molecule has 0 saturated carbocycles. The van der Waals surface area contributed by atoms with Crippen LogP contribution >= 0.6 is 0 Å². The minimum atomic E-state index is -0.324. The van der Waals surface area contributed by atoms with Crippen LogP contribution in [0.2, 0.25) is 0 Å². The molecule has 2 fully saturated rings. The third-order valence-corrected chi connectivity index (χ3v) is 5.60. The van der Waals surface area contributed by atoms with E-state index in [1.165, 1.54) is 0 Å². The summed E-state index contributed by atoms with van der Waals surface area (Å²) in [5, 5.41) is 11.2. The Bertz CT molecular complexity index is 1050. The van der Waals surface area contributed by atoms with Gasteiger partial charge in [0.2, 0.25) is 17.5 Å². The lowest BCUT2D eigenvalue weighted by atomic mass is 10.1. The summed E-state index contributed by atoms with van der Waals surface area (Å²) < 4.78 is 1.83. The zero-order valence-electron chi connectivity index (χ0n) is 15.8. The van der Waals surface area contributed by atoms with Crippen molar-refractivity contribution in [3.8, 4) is 0 Å². The van der Waals surface area contributed by atoms with Crippen LogP contribution in [0.1, 0.15) is 12.8 Å². The maximum absolute atomic E-state index is 12.8. The molecule has 2 atom stereocenters. The first-order valence-electron chi connectivity index (χ1n) is 9.74. The van der Waals surface area contributed by atoms with Crippen LogP contribution in [0.15, 0.2) is 49.1 Å². The monoisotopic (exact) mass is 391 g/mol. The first kappa shape index (κ1) is 17.6. The van der Waals surface area contributed by atoms with Crippen LogP contribution < -0.4 is 15.1 Å². The van der Waals surface area contributed by atoms with Gasteiger partial charge in [0.15, 0.2) is 5.82 Å². The summed E-state index contributed by atoms with van der Waals surface area (Å²) in [6, 6.07) is 9.51. The smallest absolute Gasteiger partial charge is 0.227 e. The van der Waals surface area contributed by atoms with Crippen LogP contribution in [0.5, 0.6) is 0 Å². The quantitative estimate of drug-likeness (QED) is 0.709. The van der Waals surface area contributed by atoms with Crippen LogP contribution in [0.25, 0.3) is 5.65 Å². The molecule has 4 heterocycles. The van der Waals surface area contributed by atoms with Gasteiger partial charge < -0.3 is 15.1 Å². The summed E-state index contributed by atoms with van der Waals surface area (Å²) in [5.41, 5.74) is 1.55. The van der Waals surface area contributed by atoms with Crippen LogP contribution in [-0.4, -0.2) is 57.1 Å². The van der Waals surface area contributed by atoms with Gasteiger partial charge >= 0.3 is 0 Å². The highest BCUT2D eigenvalue weighted by Gasteiger charge is 2.36. The van der Waals surface area contributed by atoms with E-state index in [0.29, 0.717) is 18.7 Å². The molecule has 3 aromatic rings. The lowest BCUT2D eigenvalue weighted by molar-refractivity contribution is -0.126. The molecular formula is C20H21N7O2. The van der Waals surface area contributed by atoms with Crippen molar-refractivity contribution in [1.82, 2.24) is 24.9 Å². The molecule has 2 unspecified atom stereocenters. The van der Waals surface area contributed by atoms with Gasteiger partial charge in [0.05, 0.1) is 5.92 Å². The van der Waals surface area contributed by atoms with Crippen molar-refractivity contribution in [3.63, 3.8) is 0 Å². The Balaban J connectivity index is 1.22. The first-order valence-corrected chi connectivity index (χ1v) is 9.74. The Labute approximate surface area is 167 Å². The van der Waals surface area contributed by atoms with Crippen LogP contribution in [0, 0.1) is 5.92 Å². The van der Waals surface area contributed by atoms with Crippen LogP contribution in [-0.2, 0) is 9.59 Å². The lowest BCUT2D eigenvalue weighted by Crippen LogP contribution is -2.41. The molecule has 29 heavy (non-hydrogen) atoms. The topological polar surface area (TPSA) is 95.7 Å². The second kappa shape index (κ2) is 7.16. The zero-order chi connectivity index (χ0) is 19.8. The molecule has 0 radical (unpaired) electrons. The van der Waals surface area contributed by atoms with E-state index in [2.05, 4.69) is 25.4 Å². The van der Waals surface area contributed by atoms with Gasteiger partial charge in [0.1, 0.15) is 6.33 Å². The molecule has 1 aromatic carbocycles. The number of para-hydroxylation sites is 1. The number of aromatic nitrogens is 4. The Kier molecular flexibility index (Phi) is 4.34. The Morgan fingerprint density at radius 1 is 1.17 bits per heavy atom. The van der Waals surface area contributed by atoms with Gasteiger partial charge in [-0.05, 0) is 18.6 Å². The van der Waals surface area contributed by atoms with Gasteiger partial charge in [-0.2, -0.15) is 0 Å². The fraction of sp³-hybridized carbons (Fsp3) is 0.350. The van der Waals surface area contributed by atoms with Gasteiger partial charge in [0.25, 0.3) is 0 Å². The Hall–Kier alpha value is -3.49. The molecule has 148 valence electrons. The number of nitrogens with zero attached hydrogens (tertiary/aromatic N) is 6. The van der Waals surface area contributed by atoms with E-state index in [4.69, 9.17) is 0 Å². The Morgan fingerprint density at radius 2 is 2.03 bits per heavy atom. The number of hydrogen-bond acceptors (Lipinski definition) is 6. The van der Waals surface area contributed by atoms with Crippen molar-refractivity contribution < 1.29 is 9.59 Å². The molecule has 2 aliphatic heterocycles. The van der Waals surface area contributed by atoms with Crippen molar-refractivity contribution >= 4 is 29.0 Å². The van der Waals surface area contributed by atoms with Crippen LogP contribution in [0.3, 0.4) is 0 Å². The first-order chi connectivity index (χ1) is 14.2. The molecule has 2 aromatic heterocycles. The Morgan fingerprint density at radius 3 is 2.90 bits per heavy atom. The molecular weight excluding hydrogens is 370 g/mol. The lowest BCUT2D eigenvalue weighted by Gasteiger charge is -2.19. The van der Waals surface area contributed by atoms with Gasteiger partial charge in [0, 0.05) is 50.2 Å². The molecule has 2 amide bonds. The second-order valence-electron chi connectivity index (χ2n) is 7.49. The number of rotatable bonds is 4. The molecule has 9 nitrogen and oxygen atoms in total. The SMILES string of the molecule is O=C(NC1CCN(c2nccn3cnnc23)C1)C1CC(=O)N(c2ccccc2)C1. The van der Waals surface area contributed by atoms with Crippen molar-refractivity contribution in [3.05, 3.63) is 49.1 Å². The average Bonchev–Trinajstić information content (AvgIpc) is 3.47. The normalized spacial score (nSPS) is 21.9. The molecule has 1 N–H and O–H groups in total. The van der Waals surface area contributed by atoms with Gasteiger partial charge in [-0.1, -0.05) is 18.2 Å². The highest BCUT2D eigenvalue weighted by atomic mass is 16.2. The third-order valence-electron chi connectivity index (χ3n) is 5.60. The molecule has 2 saturated heterocycles. The third kappa shape index (κ3) is 3.28. The van der Waals surface area contributed by atoms with E-state index in [0.717, 1.165) is 24.5 Å². The predicted molar refractivity (Wildman–Crippen MR) is 106 cm³/mol. The van der Waals surface area contributed by atoms with Crippen molar-refractivity contribution in [2.75, 3.05) is 29.4 Å². The number of benzene rings is 1. The fourth-order valence-electron chi connectivity index (χ4n) is 4.10. The summed E-state index contributed by atoms with van der Waals surface area (Å²) in [5.74, 6) is 0.382. The summed E-state index contributed by atoms with van der Waals surface area (Å²) >= 11 is 0. The van der Waals surface area contributed by atoms with E-state index < -0.39 is 0 Å². The molecule has 9 heteroatoms. The zero-order valence-corrected chi connectivity index (χ0v) is 15.8. The summed E-state index contributed by atoms with van der Waals surface area (Å²) in [7, 11) is 0. The summed E-state index contributed by atoms with van der Waals surface area (Å²) in [4.78, 5) is 33.4. The molecule has 0 spiro atoms. The van der Waals surface area contributed by atoms with E-state index in [1.54, 1.807) is 17.4 Å². The van der Waals surface area contributed by atoms with E-state index >= 15 is 0 Å². The van der Waals surface area contributed by atoms with E-state index in [1.807, 2.05) is 40.9 Å². The molecule has 0 bridgehead atoms. The standard InChI is InChI=1S/C20H21N7O2/c28-17-10-14(11-27(17)16-4-2-1-3-5-16)20(29)23-15-6-8-25(12-15)18-19-24-22-13-26(19)9-7-21-18/h1-5,7,9,13-15H,6,8,10-12H2,(H,23,29). The van der Waals surface area contributed by atoms with Crippen molar-refractivity contribution in [1.29, 1.82) is 0 Å². The number of amides is 2. The maximum Gasteiger partial charge on any atom is 0.227 e. The minimum absolute atomic E-state index is 0.00733. The van der Waals surface area contributed by atoms with Crippen molar-refractivity contribution in [2.24, 2.45) is 5.92 Å². The molecule has 0 aliphatic carbocycles. The summed E-state index contributed by atoms with van der Waals surface area (Å²) in [6.07, 6.45) is 6.25. The predicted octanol–water partition coefficient (Wildman–Crippen LogP) is 0.872. The fourth-order valence-corrected chi connectivity index (χ4v) is 4.10. The van der Waals surface area contributed by atoms with E-state index in [9.17, 15) is 9.59 Å². The number of carbonyl (C=O) groups excluding carboxylic acids is 2. The summed E-state index contributed by atoms with van der Waals surface area (Å²) in [6.45, 7) is 1.87. The number of hydrogen-bond donors (Lipinski definition) is 1. The highest BCUT2D eigenvalue weighted by molar-refractivity contribution is 6.00. The number of nitrogens with one attached hydrogen (secondary N) is 1. The highest BCUT2D eigenvalue weighted by Crippen LogP contribution is 2.26. The van der Waals surface area contributed by atoms with Gasteiger partial charge in [-0.3, -0.25) is 14.0 Å². The van der Waals surface area contributed by atoms with E-state index in [-0.39, 0.29) is 30.2 Å². The maximum atomic E-state index is 12.8. The molecule has 5 rings (SSSR count). The number of fused-ring (bicyclic) bond motifs is 1. The number of carbonyl (C=O) groups is 2. The van der Waals surface area contributed by atoms with Gasteiger partial charge in [-0.25, -0.2) is 4.98 Å². The van der Waals surface area contributed by atoms with Gasteiger partial charge in [-0.15, -0.1) is 10.2 Å².